The first-order valence-electron chi connectivity index (χ1n) is 3.96. The van der Waals surface area contributed by atoms with Crippen LogP contribution in [0, 0.1) is 0 Å². The molecular weight excluding hydrogens is 198 g/mol. The van der Waals surface area contributed by atoms with Crippen molar-refractivity contribution >= 4 is 23.7 Å². The maximum Gasteiger partial charge on any atom is 0.0831 e. The van der Waals surface area contributed by atoms with E-state index in [-0.39, 0.29) is 0 Å². The van der Waals surface area contributed by atoms with Crippen molar-refractivity contribution in [3.8, 4) is 0 Å². The molecule has 3 heteroatoms. The molecule has 0 fully saturated rings. The van der Waals surface area contributed by atoms with Crippen molar-refractivity contribution in [2.24, 2.45) is 0 Å². The molecule has 1 N–H and O–H groups in total. The molecule has 1 aliphatic rings. The maximum absolute atomic E-state index is 3.22. The fourth-order valence-corrected chi connectivity index (χ4v) is 2.38. The van der Waals surface area contributed by atoms with E-state index >= 15 is 0 Å². The Balaban J connectivity index is 2.06. The summed E-state index contributed by atoms with van der Waals surface area (Å²) in [7, 11) is 0. The molecule has 0 radical (unpaired) electrons. The van der Waals surface area contributed by atoms with Gasteiger partial charge in [0.15, 0.2) is 0 Å². The van der Waals surface area contributed by atoms with E-state index in [2.05, 4.69) is 35.1 Å². The second kappa shape index (κ2) is 4.44. The fraction of sp³-hybridized carbons (Fsp3) is 0. The normalized spacial score (nSPS) is 14.9. The lowest BCUT2D eigenvalue weighted by atomic mass is 10.4. The van der Waals surface area contributed by atoms with Crippen molar-refractivity contribution in [1.82, 2.24) is 4.72 Å². The number of benzene rings is 1. The number of nitrogens with one attached hydrogen (secondary N) is 1. The molecule has 0 atom stereocenters. The Labute approximate surface area is 86.4 Å². The molecule has 0 aromatic heterocycles. The Morgan fingerprint density at radius 3 is 2.69 bits per heavy atom. The minimum Gasteiger partial charge on any atom is -0.320 e. The predicted octanol–water partition coefficient (Wildman–Crippen LogP) is 3.39. The van der Waals surface area contributed by atoms with Crippen LogP contribution in [-0.4, -0.2) is 0 Å². The van der Waals surface area contributed by atoms with Crippen LogP contribution in [0.5, 0.6) is 0 Å². The first kappa shape index (κ1) is 8.78. The molecule has 1 aromatic carbocycles. The fourth-order valence-electron chi connectivity index (χ4n) is 0.962. The standard InChI is InChI=1S/C10H9NS2/c1-2-5-9(6-3-1)13-10-7-4-8-12-11-10/h1-8,11H. The minimum absolute atomic E-state index is 1.18. The molecule has 0 saturated heterocycles. The van der Waals surface area contributed by atoms with Gasteiger partial charge in [-0.2, -0.15) is 0 Å². The summed E-state index contributed by atoms with van der Waals surface area (Å²) < 4.78 is 3.22. The van der Waals surface area contributed by atoms with Gasteiger partial charge in [-0.3, -0.25) is 0 Å². The summed E-state index contributed by atoms with van der Waals surface area (Å²) in [5.74, 6) is 0. The summed E-state index contributed by atoms with van der Waals surface area (Å²) in [5.41, 5.74) is 0. The van der Waals surface area contributed by atoms with Crippen LogP contribution in [0.25, 0.3) is 0 Å². The molecule has 0 unspecified atom stereocenters. The van der Waals surface area contributed by atoms with Crippen molar-refractivity contribution in [2.45, 2.75) is 4.90 Å². The Hall–Kier alpha value is -0.800. The van der Waals surface area contributed by atoms with Crippen molar-refractivity contribution < 1.29 is 0 Å². The topological polar surface area (TPSA) is 12.0 Å². The molecule has 1 nitrogen and oxygen atoms in total. The third-order valence-corrected chi connectivity index (χ3v) is 3.25. The molecular formula is C10H9NS2. The van der Waals surface area contributed by atoms with Gasteiger partial charge in [-0.25, -0.2) is 0 Å². The molecule has 2 rings (SSSR count). The quantitative estimate of drug-likeness (QED) is 0.747. The molecule has 0 spiro atoms. The summed E-state index contributed by atoms with van der Waals surface area (Å²) in [6.07, 6.45) is 4.13. The van der Waals surface area contributed by atoms with Gasteiger partial charge in [-0.05, 0) is 35.6 Å². The van der Waals surface area contributed by atoms with E-state index in [1.54, 1.807) is 23.7 Å². The van der Waals surface area contributed by atoms with Gasteiger partial charge < -0.3 is 4.72 Å². The number of thioether (sulfide) groups is 1. The highest BCUT2D eigenvalue weighted by Gasteiger charge is 2.00. The van der Waals surface area contributed by atoms with Crippen LogP contribution in [-0.2, 0) is 0 Å². The van der Waals surface area contributed by atoms with E-state index in [1.807, 2.05) is 17.6 Å². The third kappa shape index (κ3) is 2.57. The summed E-state index contributed by atoms with van der Waals surface area (Å²) in [5, 5.41) is 3.20. The Morgan fingerprint density at radius 2 is 2.00 bits per heavy atom. The zero-order valence-electron chi connectivity index (χ0n) is 6.94. The summed E-state index contributed by atoms with van der Waals surface area (Å²) in [6, 6.07) is 10.3. The van der Waals surface area contributed by atoms with Crippen LogP contribution >= 0.6 is 23.7 Å². The van der Waals surface area contributed by atoms with Gasteiger partial charge in [0, 0.05) is 4.90 Å². The van der Waals surface area contributed by atoms with E-state index in [9.17, 15) is 0 Å². The Bertz CT molecular complexity index is 330. The first-order chi connectivity index (χ1) is 6.45. The molecule has 1 aromatic rings. The number of hydrogen-bond donors (Lipinski definition) is 1. The lowest BCUT2D eigenvalue weighted by Crippen LogP contribution is -1.99. The molecule has 0 amide bonds. The van der Waals surface area contributed by atoms with Crippen molar-refractivity contribution in [3.05, 3.63) is 52.9 Å². The molecule has 66 valence electrons. The monoisotopic (exact) mass is 207 g/mol. The van der Waals surface area contributed by atoms with Gasteiger partial charge in [-0.15, -0.1) is 0 Å². The lowest BCUT2D eigenvalue weighted by Gasteiger charge is -2.09. The zero-order chi connectivity index (χ0) is 8.93. The van der Waals surface area contributed by atoms with E-state index < -0.39 is 0 Å². The van der Waals surface area contributed by atoms with Crippen molar-refractivity contribution in [3.63, 3.8) is 0 Å². The average molecular weight is 207 g/mol. The van der Waals surface area contributed by atoms with Crippen LogP contribution in [0.3, 0.4) is 0 Å². The summed E-state index contributed by atoms with van der Waals surface area (Å²) in [6.45, 7) is 0. The number of hydrogen-bond acceptors (Lipinski definition) is 3. The van der Waals surface area contributed by atoms with Gasteiger partial charge in [0.05, 0.1) is 5.03 Å². The van der Waals surface area contributed by atoms with Gasteiger partial charge in [-0.1, -0.05) is 36.0 Å². The van der Waals surface area contributed by atoms with Crippen LogP contribution in [0.15, 0.2) is 57.8 Å². The molecule has 13 heavy (non-hydrogen) atoms. The van der Waals surface area contributed by atoms with Crippen LogP contribution in [0.2, 0.25) is 0 Å². The summed E-state index contributed by atoms with van der Waals surface area (Å²) in [4.78, 5) is 1.26. The zero-order valence-corrected chi connectivity index (χ0v) is 8.57. The average Bonchev–Trinajstić information content (AvgIpc) is 2.21. The highest BCUT2D eigenvalue weighted by molar-refractivity contribution is 8.05. The lowest BCUT2D eigenvalue weighted by molar-refractivity contribution is 1.36. The predicted molar refractivity (Wildman–Crippen MR) is 60.2 cm³/mol. The van der Waals surface area contributed by atoms with E-state index in [1.165, 1.54) is 9.92 Å². The molecule has 0 aliphatic carbocycles. The van der Waals surface area contributed by atoms with Gasteiger partial charge in [0.2, 0.25) is 0 Å². The third-order valence-electron chi connectivity index (χ3n) is 1.52. The maximum atomic E-state index is 3.22. The first-order valence-corrected chi connectivity index (χ1v) is 5.66. The highest BCUT2D eigenvalue weighted by atomic mass is 32.2. The van der Waals surface area contributed by atoms with Crippen molar-refractivity contribution in [2.75, 3.05) is 0 Å². The molecule has 0 saturated carbocycles. The molecule has 1 aliphatic heterocycles. The second-order valence-corrected chi connectivity index (χ2v) is 4.32. The van der Waals surface area contributed by atoms with Crippen LogP contribution in [0.4, 0.5) is 0 Å². The van der Waals surface area contributed by atoms with Gasteiger partial charge in [0.1, 0.15) is 0 Å². The van der Waals surface area contributed by atoms with E-state index in [0.29, 0.717) is 0 Å². The highest BCUT2D eigenvalue weighted by Crippen LogP contribution is 2.27. The molecule has 0 bridgehead atoms. The summed E-state index contributed by atoms with van der Waals surface area (Å²) >= 11 is 3.35. The van der Waals surface area contributed by atoms with Crippen molar-refractivity contribution in [1.29, 1.82) is 0 Å². The second-order valence-electron chi connectivity index (χ2n) is 2.49. The minimum atomic E-state index is 1.18. The van der Waals surface area contributed by atoms with E-state index in [4.69, 9.17) is 0 Å². The smallest absolute Gasteiger partial charge is 0.0831 e. The Morgan fingerprint density at radius 1 is 1.15 bits per heavy atom. The van der Waals surface area contributed by atoms with Crippen LogP contribution in [0.1, 0.15) is 0 Å². The molecule has 1 heterocycles. The number of allylic oxidation sites excluding steroid dienone is 2. The number of rotatable bonds is 2. The SMILES string of the molecule is C1=CSNC(Sc2ccccc2)=C1. The Kier molecular flexibility index (Phi) is 3.00. The van der Waals surface area contributed by atoms with Crippen LogP contribution < -0.4 is 4.72 Å². The largest absolute Gasteiger partial charge is 0.320 e. The van der Waals surface area contributed by atoms with Gasteiger partial charge >= 0.3 is 0 Å². The van der Waals surface area contributed by atoms with E-state index in [0.717, 1.165) is 0 Å². The van der Waals surface area contributed by atoms with Gasteiger partial charge in [0.25, 0.3) is 0 Å².